The molecule has 1 unspecified atom stereocenters. The summed E-state index contributed by atoms with van der Waals surface area (Å²) in [6.07, 6.45) is 10.9. The first-order valence-electron chi connectivity index (χ1n) is 15.7. The van der Waals surface area contributed by atoms with Crippen molar-refractivity contribution in [2.75, 3.05) is 11.6 Å². The lowest BCUT2D eigenvalue weighted by atomic mass is 9.87. The molecular weight excluding hydrogens is 616 g/mol. The topological polar surface area (TPSA) is 147 Å². The second kappa shape index (κ2) is 12.4. The van der Waals surface area contributed by atoms with Crippen LogP contribution in [0, 0.1) is 11.7 Å². The minimum atomic E-state index is -3.63. The van der Waals surface area contributed by atoms with E-state index in [-0.39, 0.29) is 11.5 Å². The molecular formula is C36H35FN6O3S. The molecule has 11 heteroatoms. The predicted octanol–water partition coefficient (Wildman–Crippen LogP) is 7.49. The zero-order chi connectivity index (χ0) is 32.7. The number of nitrogens with one attached hydrogen (secondary N) is 3. The number of rotatable bonds is 8. The summed E-state index contributed by atoms with van der Waals surface area (Å²) < 4.78 is 38.9. The maximum Gasteiger partial charge on any atom is 0.224 e. The molecule has 0 spiro atoms. The van der Waals surface area contributed by atoms with E-state index in [0.717, 1.165) is 69.4 Å². The molecule has 0 bridgehead atoms. The Bertz CT molecular complexity index is 2240. The van der Waals surface area contributed by atoms with Gasteiger partial charge in [-0.2, -0.15) is 5.10 Å². The molecule has 3 aromatic carbocycles. The highest BCUT2D eigenvalue weighted by Crippen LogP contribution is 2.37. The number of carbonyl (C=O) groups excluding carboxylic acids is 1. The Labute approximate surface area is 271 Å². The normalized spacial score (nSPS) is 14.9. The number of aromatic amines is 2. The van der Waals surface area contributed by atoms with Crippen LogP contribution in [0.25, 0.3) is 55.4 Å². The van der Waals surface area contributed by atoms with E-state index in [9.17, 15) is 17.6 Å². The molecule has 240 valence electrons. The fraction of sp³-hybridized carbons (Fsp3) is 0.250. The summed E-state index contributed by atoms with van der Waals surface area (Å²) in [5.41, 5.74) is 12.9. The van der Waals surface area contributed by atoms with E-state index < -0.39 is 21.0 Å². The van der Waals surface area contributed by atoms with Crippen molar-refractivity contribution in [3.05, 3.63) is 90.5 Å². The molecule has 9 nitrogen and oxygen atoms in total. The number of aromatic nitrogens is 4. The molecule has 3 aromatic heterocycles. The first-order valence-corrected chi connectivity index (χ1v) is 17.7. The van der Waals surface area contributed by atoms with Gasteiger partial charge >= 0.3 is 0 Å². The number of hydrogen-bond acceptors (Lipinski definition) is 6. The molecule has 5 N–H and O–H groups in total. The number of benzene rings is 3. The van der Waals surface area contributed by atoms with Crippen LogP contribution in [0.5, 0.6) is 0 Å². The van der Waals surface area contributed by atoms with Crippen LogP contribution in [0.3, 0.4) is 0 Å². The van der Waals surface area contributed by atoms with E-state index in [1.807, 2.05) is 48.5 Å². The second-order valence-electron chi connectivity index (χ2n) is 12.5. The summed E-state index contributed by atoms with van der Waals surface area (Å²) in [6.45, 7) is 0. The zero-order valence-corrected chi connectivity index (χ0v) is 26.7. The number of carbonyl (C=O) groups is 1. The third-order valence-corrected chi connectivity index (χ3v) is 10.3. The Morgan fingerprint density at radius 2 is 1.79 bits per heavy atom. The number of pyridine rings is 1. The highest BCUT2D eigenvalue weighted by Gasteiger charge is 2.21. The van der Waals surface area contributed by atoms with Crippen LogP contribution in [0.1, 0.15) is 49.5 Å². The molecule has 0 saturated heterocycles. The van der Waals surface area contributed by atoms with E-state index in [1.165, 1.54) is 25.3 Å². The molecule has 1 aliphatic rings. The molecule has 0 radical (unpaired) electrons. The average molecular weight is 651 g/mol. The lowest BCUT2D eigenvalue weighted by Gasteiger charge is -2.20. The van der Waals surface area contributed by atoms with E-state index in [2.05, 4.69) is 25.5 Å². The number of halogens is 1. The monoisotopic (exact) mass is 650 g/mol. The lowest BCUT2D eigenvalue weighted by molar-refractivity contribution is -0.117. The van der Waals surface area contributed by atoms with E-state index in [0.29, 0.717) is 29.3 Å². The van der Waals surface area contributed by atoms with Crippen LogP contribution in [0.2, 0.25) is 0 Å². The minimum Gasteiger partial charge on any atom is -0.353 e. The van der Waals surface area contributed by atoms with Crippen molar-refractivity contribution in [1.82, 2.24) is 20.2 Å². The van der Waals surface area contributed by atoms with Crippen molar-refractivity contribution in [2.45, 2.75) is 43.9 Å². The van der Waals surface area contributed by atoms with Gasteiger partial charge in [-0.25, -0.2) is 12.8 Å². The Morgan fingerprint density at radius 3 is 2.60 bits per heavy atom. The van der Waals surface area contributed by atoms with E-state index >= 15 is 0 Å². The molecule has 6 aromatic rings. The molecule has 1 atom stereocenters. The van der Waals surface area contributed by atoms with Gasteiger partial charge in [0.25, 0.3) is 0 Å². The third-order valence-electron chi connectivity index (χ3n) is 9.06. The van der Waals surface area contributed by atoms with Gasteiger partial charge in [-0.3, -0.25) is 14.9 Å². The number of sulfone groups is 1. The number of anilines is 1. The van der Waals surface area contributed by atoms with Crippen LogP contribution in [0.15, 0.2) is 79.1 Å². The molecule has 7 rings (SSSR count). The Hall–Kier alpha value is -4.87. The first-order chi connectivity index (χ1) is 22.6. The van der Waals surface area contributed by atoms with E-state index in [4.69, 9.17) is 5.73 Å². The number of nitrogens with zero attached hydrogens (tertiary/aromatic N) is 2. The fourth-order valence-corrected chi connectivity index (χ4v) is 7.27. The summed E-state index contributed by atoms with van der Waals surface area (Å²) >= 11 is 0. The van der Waals surface area contributed by atoms with Crippen molar-refractivity contribution in [2.24, 2.45) is 11.7 Å². The van der Waals surface area contributed by atoms with Crippen LogP contribution in [-0.4, -0.2) is 40.7 Å². The van der Waals surface area contributed by atoms with Crippen molar-refractivity contribution < 1.29 is 17.6 Å². The Kier molecular flexibility index (Phi) is 8.11. The average Bonchev–Trinajstić information content (AvgIpc) is 3.68. The van der Waals surface area contributed by atoms with Gasteiger partial charge in [-0.15, -0.1) is 0 Å². The first kappa shape index (κ1) is 30.8. The summed E-state index contributed by atoms with van der Waals surface area (Å²) in [5.74, 6) is -0.0983. The highest BCUT2D eigenvalue weighted by atomic mass is 32.2. The lowest BCUT2D eigenvalue weighted by Crippen LogP contribution is -2.20. The minimum absolute atomic E-state index is 0.0225. The zero-order valence-electron chi connectivity index (χ0n) is 25.9. The van der Waals surface area contributed by atoms with E-state index in [1.54, 1.807) is 18.5 Å². The van der Waals surface area contributed by atoms with Gasteiger partial charge < -0.3 is 16.0 Å². The SMILES string of the molecule is CS(=O)(=O)C(N)c1cc(F)cc(-c2cccc3[nH]c(-c4n[nH]c5ccc(-c6cncc(NC(=O)CC7CCCCC7)c6)cc45)cc23)c1. The molecule has 1 aliphatic carbocycles. The van der Waals surface area contributed by atoms with Crippen molar-refractivity contribution in [1.29, 1.82) is 0 Å². The quantitative estimate of drug-likeness (QED) is 0.134. The van der Waals surface area contributed by atoms with Crippen LogP contribution >= 0.6 is 0 Å². The summed E-state index contributed by atoms with van der Waals surface area (Å²) in [7, 11) is -3.63. The van der Waals surface area contributed by atoms with Gasteiger partial charge in [0.2, 0.25) is 5.91 Å². The maximum atomic E-state index is 14.7. The third kappa shape index (κ3) is 6.41. The van der Waals surface area contributed by atoms with Crippen molar-refractivity contribution >= 4 is 43.2 Å². The second-order valence-corrected chi connectivity index (χ2v) is 14.7. The number of hydrogen-bond donors (Lipinski definition) is 4. The van der Waals surface area contributed by atoms with Gasteiger partial charge in [0, 0.05) is 40.7 Å². The van der Waals surface area contributed by atoms with Gasteiger partial charge in [0.15, 0.2) is 9.84 Å². The van der Waals surface area contributed by atoms with Gasteiger partial charge in [-0.05, 0) is 89.5 Å². The molecule has 3 heterocycles. The van der Waals surface area contributed by atoms with Gasteiger partial charge in [-0.1, -0.05) is 37.5 Å². The van der Waals surface area contributed by atoms with Gasteiger partial charge in [0.05, 0.1) is 23.1 Å². The van der Waals surface area contributed by atoms with Crippen molar-refractivity contribution in [3.8, 4) is 33.6 Å². The van der Waals surface area contributed by atoms with Crippen LogP contribution < -0.4 is 11.1 Å². The fourth-order valence-electron chi connectivity index (χ4n) is 6.64. The van der Waals surface area contributed by atoms with Crippen LogP contribution in [-0.2, 0) is 14.6 Å². The standard InChI is InChI=1S/C36H35FN6O3S/c1-47(45,46)36(38)24-13-23(14-26(37)15-24)28-8-5-9-31-29(28)18-33(41-31)35-30-17-22(10-11-32(30)42-43-35)25-16-27(20-39-19-25)40-34(44)12-21-6-3-2-4-7-21/h5,8-11,13-21,36,41H,2-4,6-7,12,38H2,1H3,(H,40,44)(H,42,43). The maximum absolute atomic E-state index is 14.7. The summed E-state index contributed by atoms with van der Waals surface area (Å²) in [4.78, 5) is 20.6. The Balaban J connectivity index is 1.20. The van der Waals surface area contributed by atoms with Gasteiger partial charge in [0.1, 0.15) is 16.9 Å². The molecule has 1 amide bonds. The van der Waals surface area contributed by atoms with Crippen LogP contribution in [0.4, 0.5) is 10.1 Å². The number of amides is 1. The predicted molar refractivity (Wildman–Crippen MR) is 184 cm³/mol. The number of nitrogens with two attached hydrogens (primary N) is 1. The summed E-state index contributed by atoms with van der Waals surface area (Å²) in [5, 5.41) is 11.1. The molecule has 1 saturated carbocycles. The largest absolute Gasteiger partial charge is 0.353 e. The number of H-pyrrole nitrogens is 2. The molecule has 1 fully saturated rings. The molecule has 0 aliphatic heterocycles. The van der Waals surface area contributed by atoms with Crippen molar-refractivity contribution in [3.63, 3.8) is 0 Å². The number of fused-ring (bicyclic) bond motifs is 2. The summed E-state index contributed by atoms with van der Waals surface area (Å²) in [6, 6.07) is 19.7. The highest BCUT2D eigenvalue weighted by molar-refractivity contribution is 7.90. The Morgan fingerprint density at radius 1 is 0.957 bits per heavy atom. The smallest absolute Gasteiger partial charge is 0.224 e. The molecule has 47 heavy (non-hydrogen) atoms.